The molecule has 108 valence electrons. The van der Waals surface area contributed by atoms with Crippen molar-refractivity contribution in [3.63, 3.8) is 0 Å². The summed E-state index contributed by atoms with van der Waals surface area (Å²) in [6.45, 7) is 2.58. The number of amides is 2. The quantitative estimate of drug-likeness (QED) is 0.776. The summed E-state index contributed by atoms with van der Waals surface area (Å²) in [5.74, 6) is -0.769. The van der Waals surface area contributed by atoms with Crippen LogP contribution in [0.5, 0.6) is 0 Å². The third-order valence-corrected chi connectivity index (χ3v) is 3.47. The van der Waals surface area contributed by atoms with Crippen LogP contribution in [0, 0.1) is 17.7 Å². The third-order valence-electron chi connectivity index (χ3n) is 3.47. The van der Waals surface area contributed by atoms with Crippen LogP contribution in [0.3, 0.4) is 0 Å². The number of halogens is 1. The zero-order valence-electron chi connectivity index (χ0n) is 11.1. The lowest BCUT2D eigenvalue weighted by Gasteiger charge is -2.13. The molecule has 2 amide bonds. The highest BCUT2D eigenvalue weighted by atomic mass is 19.1. The number of carboxylic acids is 1. The van der Waals surface area contributed by atoms with E-state index in [9.17, 15) is 14.0 Å². The summed E-state index contributed by atoms with van der Waals surface area (Å²) in [4.78, 5) is 22.5. The number of anilines is 1. The van der Waals surface area contributed by atoms with Crippen LogP contribution < -0.4 is 10.6 Å². The first kappa shape index (κ1) is 14.3. The van der Waals surface area contributed by atoms with Gasteiger partial charge in [0.25, 0.3) is 0 Å². The Hall–Kier alpha value is -2.11. The lowest BCUT2D eigenvalue weighted by atomic mass is 10.1. The van der Waals surface area contributed by atoms with Gasteiger partial charge in [-0.25, -0.2) is 14.0 Å². The molecule has 5 nitrogen and oxygen atoms in total. The molecule has 1 fully saturated rings. The second-order valence-electron chi connectivity index (χ2n) is 5.15. The molecule has 1 aromatic rings. The molecule has 3 N–H and O–H groups in total. The van der Waals surface area contributed by atoms with Gasteiger partial charge in [-0.15, -0.1) is 0 Å². The molecule has 1 saturated carbocycles. The minimum absolute atomic E-state index is 0.0759. The number of nitrogens with one attached hydrogen (secondary N) is 2. The summed E-state index contributed by atoms with van der Waals surface area (Å²) in [6.07, 6.45) is 2.39. The van der Waals surface area contributed by atoms with Crippen molar-refractivity contribution in [2.75, 3.05) is 11.9 Å². The molecule has 0 radical (unpaired) electrons. The van der Waals surface area contributed by atoms with Gasteiger partial charge in [0.1, 0.15) is 5.82 Å². The maximum Gasteiger partial charge on any atom is 0.335 e. The molecule has 1 aliphatic carbocycles. The monoisotopic (exact) mass is 280 g/mol. The fourth-order valence-electron chi connectivity index (χ4n) is 2.01. The van der Waals surface area contributed by atoms with Crippen molar-refractivity contribution in [1.82, 2.24) is 5.32 Å². The lowest BCUT2D eigenvalue weighted by Crippen LogP contribution is -2.33. The number of carbonyl (C=O) groups excluding carboxylic acids is 1. The van der Waals surface area contributed by atoms with Gasteiger partial charge in [0.2, 0.25) is 0 Å². The summed E-state index contributed by atoms with van der Waals surface area (Å²) in [7, 11) is 0. The maximum atomic E-state index is 13.5. The standard InChI is InChI=1S/C14H17FN2O3/c1-8(9-2-3-9)7-16-14(20)17-12-6-10(13(18)19)4-5-11(12)15/h4-6,8-9H,2-3,7H2,1H3,(H,18,19)(H2,16,17,20). The lowest BCUT2D eigenvalue weighted by molar-refractivity contribution is 0.0697. The first-order valence-electron chi connectivity index (χ1n) is 6.55. The van der Waals surface area contributed by atoms with E-state index >= 15 is 0 Å². The summed E-state index contributed by atoms with van der Waals surface area (Å²) in [5, 5.41) is 13.8. The van der Waals surface area contributed by atoms with Crippen molar-refractivity contribution in [2.24, 2.45) is 11.8 Å². The van der Waals surface area contributed by atoms with E-state index in [2.05, 4.69) is 17.6 Å². The summed E-state index contributed by atoms with van der Waals surface area (Å²) < 4.78 is 13.5. The van der Waals surface area contributed by atoms with Gasteiger partial charge >= 0.3 is 12.0 Å². The molecule has 6 heteroatoms. The molecule has 0 aromatic heterocycles. The van der Waals surface area contributed by atoms with Gasteiger partial charge in [-0.2, -0.15) is 0 Å². The van der Waals surface area contributed by atoms with Crippen LogP contribution in [0.2, 0.25) is 0 Å². The predicted octanol–water partition coefficient (Wildman–Crippen LogP) is 2.69. The van der Waals surface area contributed by atoms with Gasteiger partial charge < -0.3 is 15.7 Å². The van der Waals surface area contributed by atoms with Crippen LogP contribution in [-0.4, -0.2) is 23.7 Å². The van der Waals surface area contributed by atoms with Gasteiger partial charge in [-0.3, -0.25) is 0 Å². The van der Waals surface area contributed by atoms with Gasteiger partial charge in [-0.1, -0.05) is 6.92 Å². The van der Waals surface area contributed by atoms with E-state index in [1.165, 1.54) is 12.8 Å². The van der Waals surface area contributed by atoms with Gasteiger partial charge in [0, 0.05) is 6.54 Å². The second-order valence-corrected chi connectivity index (χ2v) is 5.15. The first-order chi connectivity index (χ1) is 9.47. The van der Waals surface area contributed by atoms with Gasteiger partial charge in [-0.05, 0) is 42.9 Å². The average Bonchev–Trinajstić information content (AvgIpc) is 3.22. The predicted molar refractivity (Wildman–Crippen MR) is 72.3 cm³/mol. The minimum Gasteiger partial charge on any atom is -0.478 e. The van der Waals surface area contributed by atoms with Gasteiger partial charge in [0.15, 0.2) is 0 Å². The SMILES string of the molecule is CC(CNC(=O)Nc1cc(C(=O)O)ccc1F)C1CC1. The van der Waals surface area contributed by atoms with Crippen LogP contribution in [-0.2, 0) is 0 Å². The van der Waals surface area contributed by atoms with E-state index in [1.54, 1.807) is 0 Å². The average molecular weight is 280 g/mol. The Kier molecular flexibility index (Phi) is 4.22. The highest BCUT2D eigenvalue weighted by Crippen LogP contribution is 2.36. The second kappa shape index (κ2) is 5.90. The van der Waals surface area contributed by atoms with Crippen LogP contribution in [0.15, 0.2) is 18.2 Å². The largest absolute Gasteiger partial charge is 0.478 e. The molecule has 2 rings (SSSR count). The summed E-state index contributed by atoms with van der Waals surface area (Å²) >= 11 is 0. The Morgan fingerprint density at radius 2 is 2.15 bits per heavy atom. The van der Waals surface area contributed by atoms with E-state index in [4.69, 9.17) is 5.11 Å². The first-order valence-corrected chi connectivity index (χ1v) is 6.55. The Labute approximate surface area is 116 Å². The van der Waals surface area contributed by atoms with Crippen LogP contribution in [0.1, 0.15) is 30.1 Å². The number of carbonyl (C=O) groups is 2. The van der Waals surface area contributed by atoms with E-state index in [-0.39, 0.29) is 11.3 Å². The fraction of sp³-hybridized carbons (Fsp3) is 0.429. The topological polar surface area (TPSA) is 78.4 Å². The minimum atomic E-state index is -1.17. The Morgan fingerprint density at radius 1 is 1.45 bits per heavy atom. The Bertz CT molecular complexity index is 529. The number of urea groups is 1. The number of aromatic carboxylic acids is 1. The van der Waals surface area contributed by atoms with Crippen molar-refractivity contribution >= 4 is 17.7 Å². The highest BCUT2D eigenvalue weighted by Gasteiger charge is 2.27. The van der Waals surface area contributed by atoms with E-state index in [0.717, 1.165) is 18.2 Å². The van der Waals surface area contributed by atoms with Crippen molar-refractivity contribution in [3.05, 3.63) is 29.6 Å². The Morgan fingerprint density at radius 3 is 2.75 bits per heavy atom. The van der Waals surface area contributed by atoms with Crippen molar-refractivity contribution in [1.29, 1.82) is 0 Å². The highest BCUT2D eigenvalue weighted by molar-refractivity contribution is 5.93. The van der Waals surface area contributed by atoms with Crippen molar-refractivity contribution in [3.8, 4) is 0 Å². The normalized spacial score (nSPS) is 15.5. The van der Waals surface area contributed by atoms with Gasteiger partial charge in [0.05, 0.1) is 11.3 Å². The summed E-state index contributed by atoms with van der Waals surface area (Å²) in [6, 6.07) is 2.74. The summed E-state index contributed by atoms with van der Waals surface area (Å²) in [5.41, 5.74) is -0.213. The maximum absolute atomic E-state index is 13.5. The Balaban J connectivity index is 1.92. The van der Waals surface area contributed by atoms with Crippen LogP contribution in [0.4, 0.5) is 14.9 Å². The molecule has 20 heavy (non-hydrogen) atoms. The fourth-order valence-corrected chi connectivity index (χ4v) is 2.01. The van der Waals surface area contributed by atoms with Crippen molar-refractivity contribution in [2.45, 2.75) is 19.8 Å². The third kappa shape index (κ3) is 3.69. The molecule has 0 heterocycles. The van der Waals surface area contributed by atoms with E-state index < -0.39 is 17.8 Å². The molecular weight excluding hydrogens is 263 g/mol. The molecule has 0 bridgehead atoms. The molecule has 0 saturated heterocycles. The zero-order valence-corrected chi connectivity index (χ0v) is 11.1. The van der Waals surface area contributed by atoms with E-state index in [0.29, 0.717) is 18.4 Å². The number of hydrogen-bond acceptors (Lipinski definition) is 2. The zero-order chi connectivity index (χ0) is 14.7. The molecule has 1 aliphatic rings. The van der Waals surface area contributed by atoms with Crippen molar-refractivity contribution < 1.29 is 19.1 Å². The molecular formula is C14H17FN2O3. The number of carboxylic acid groups (broad SMARTS) is 1. The number of hydrogen-bond donors (Lipinski definition) is 3. The smallest absolute Gasteiger partial charge is 0.335 e. The molecule has 1 atom stereocenters. The molecule has 0 spiro atoms. The number of rotatable bonds is 5. The molecule has 0 aliphatic heterocycles. The van der Waals surface area contributed by atoms with Crippen LogP contribution in [0.25, 0.3) is 0 Å². The molecule has 1 unspecified atom stereocenters. The van der Waals surface area contributed by atoms with Crippen LogP contribution >= 0.6 is 0 Å². The van der Waals surface area contributed by atoms with E-state index in [1.807, 2.05) is 0 Å². The molecule has 1 aromatic carbocycles. The number of benzene rings is 1.